The van der Waals surface area contributed by atoms with Gasteiger partial charge in [-0.3, -0.25) is 0 Å². The van der Waals surface area contributed by atoms with Gasteiger partial charge in [-0.1, -0.05) is 0 Å². The van der Waals surface area contributed by atoms with Gasteiger partial charge in [-0.05, 0) is 19.2 Å². The summed E-state index contributed by atoms with van der Waals surface area (Å²) in [6.45, 7) is 4.09. The monoisotopic (exact) mass is 217 g/mol. The molecule has 84 valence electrons. The van der Waals surface area contributed by atoms with E-state index in [4.69, 9.17) is 5.26 Å². The average Bonchev–Trinajstić information content (AvgIpc) is 2.33. The van der Waals surface area contributed by atoms with Gasteiger partial charge >= 0.3 is 0 Å². The van der Waals surface area contributed by atoms with Gasteiger partial charge in [0.25, 0.3) is 0 Å². The molecule has 5 nitrogen and oxygen atoms in total. The molecule has 0 radical (unpaired) electrons. The molecule has 1 saturated heterocycles. The molecule has 1 N–H and O–H groups in total. The quantitative estimate of drug-likeness (QED) is 0.783. The first-order valence-electron chi connectivity index (χ1n) is 5.34. The van der Waals surface area contributed by atoms with E-state index in [1.54, 1.807) is 12.3 Å². The summed E-state index contributed by atoms with van der Waals surface area (Å²) in [5, 5.41) is 10.8. The lowest BCUT2D eigenvalue weighted by Crippen LogP contribution is -2.47. The van der Waals surface area contributed by atoms with E-state index in [0.717, 1.165) is 32.0 Å². The fourth-order valence-corrected chi connectivity index (χ4v) is 1.61. The molecule has 0 spiro atoms. The van der Waals surface area contributed by atoms with Gasteiger partial charge in [0.1, 0.15) is 11.9 Å². The zero-order chi connectivity index (χ0) is 11.4. The molecule has 1 fully saturated rings. The first-order valence-corrected chi connectivity index (χ1v) is 5.34. The van der Waals surface area contributed by atoms with Crippen molar-refractivity contribution in [2.45, 2.75) is 0 Å². The van der Waals surface area contributed by atoms with E-state index in [1.807, 2.05) is 6.07 Å². The molecule has 2 rings (SSSR count). The first-order chi connectivity index (χ1) is 7.78. The van der Waals surface area contributed by atoms with Gasteiger partial charge in [-0.25, -0.2) is 9.99 Å². The van der Waals surface area contributed by atoms with Crippen molar-refractivity contribution in [3.05, 3.63) is 23.9 Å². The van der Waals surface area contributed by atoms with Gasteiger partial charge in [0.2, 0.25) is 0 Å². The minimum Gasteiger partial charge on any atom is -0.304 e. The number of hydrazine groups is 1. The summed E-state index contributed by atoms with van der Waals surface area (Å²) >= 11 is 0. The van der Waals surface area contributed by atoms with Crippen LogP contribution < -0.4 is 5.43 Å². The molecule has 0 unspecified atom stereocenters. The Balaban J connectivity index is 1.91. The van der Waals surface area contributed by atoms with E-state index in [9.17, 15) is 0 Å². The number of hydrogen-bond acceptors (Lipinski definition) is 5. The van der Waals surface area contributed by atoms with Crippen molar-refractivity contribution >= 4 is 5.82 Å². The summed E-state index contributed by atoms with van der Waals surface area (Å²) in [5.41, 5.74) is 3.83. The Morgan fingerprint density at radius 1 is 1.31 bits per heavy atom. The lowest BCUT2D eigenvalue weighted by Gasteiger charge is -2.32. The Morgan fingerprint density at radius 2 is 2.06 bits per heavy atom. The number of piperazine rings is 1. The summed E-state index contributed by atoms with van der Waals surface area (Å²) < 4.78 is 0. The van der Waals surface area contributed by atoms with Crippen molar-refractivity contribution in [2.75, 3.05) is 38.7 Å². The number of pyridine rings is 1. The van der Waals surface area contributed by atoms with Crippen molar-refractivity contribution in [1.29, 1.82) is 5.26 Å². The van der Waals surface area contributed by atoms with E-state index < -0.39 is 0 Å². The number of rotatable bonds is 2. The summed E-state index contributed by atoms with van der Waals surface area (Å²) in [6.07, 6.45) is 1.58. The van der Waals surface area contributed by atoms with Crippen molar-refractivity contribution in [1.82, 2.24) is 14.9 Å². The minimum absolute atomic E-state index is 0.587. The Morgan fingerprint density at radius 3 is 2.62 bits per heavy atom. The number of nitrogens with zero attached hydrogens (tertiary/aromatic N) is 4. The molecule has 1 aliphatic rings. The van der Waals surface area contributed by atoms with Crippen LogP contribution in [0.4, 0.5) is 5.82 Å². The first kappa shape index (κ1) is 10.9. The third-order valence-corrected chi connectivity index (χ3v) is 2.67. The maximum atomic E-state index is 8.65. The largest absolute Gasteiger partial charge is 0.304 e. The van der Waals surface area contributed by atoms with E-state index >= 15 is 0 Å². The van der Waals surface area contributed by atoms with Crippen LogP contribution in [0.25, 0.3) is 0 Å². The van der Waals surface area contributed by atoms with Gasteiger partial charge in [-0.2, -0.15) is 5.26 Å². The Kier molecular flexibility index (Phi) is 3.34. The van der Waals surface area contributed by atoms with Gasteiger partial charge < -0.3 is 10.3 Å². The zero-order valence-electron chi connectivity index (χ0n) is 9.35. The Bertz CT molecular complexity index is 372. The predicted molar refractivity (Wildman–Crippen MR) is 61.6 cm³/mol. The number of nitrogens with one attached hydrogen (secondary N) is 1. The summed E-state index contributed by atoms with van der Waals surface area (Å²) in [4.78, 5) is 6.47. The van der Waals surface area contributed by atoms with Gasteiger partial charge in [0, 0.05) is 32.4 Å². The number of likely N-dealkylation sites (N-methyl/N-ethyl adjacent to an activating group) is 1. The highest BCUT2D eigenvalue weighted by molar-refractivity contribution is 5.38. The molecule has 2 heterocycles. The molecular weight excluding hydrogens is 202 g/mol. The summed E-state index contributed by atoms with van der Waals surface area (Å²) in [6, 6.07) is 5.65. The van der Waals surface area contributed by atoms with Crippen LogP contribution >= 0.6 is 0 Å². The lowest BCUT2D eigenvalue weighted by molar-refractivity contribution is 0.178. The van der Waals surface area contributed by atoms with Crippen LogP contribution in [0.3, 0.4) is 0 Å². The van der Waals surface area contributed by atoms with Crippen LogP contribution in [0.2, 0.25) is 0 Å². The van der Waals surface area contributed by atoms with E-state index in [-0.39, 0.29) is 0 Å². The Labute approximate surface area is 95.3 Å². The number of nitriles is 1. The highest BCUT2D eigenvalue weighted by Crippen LogP contribution is 2.07. The van der Waals surface area contributed by atoms with E-state index in [2.05, 4.69) is 33.4 Å². The second kappa shape index (κ2) is 4.92. The van der Waals surface area contributed by atoms with Gasteiger partial charge in [0.05, 0.1) is 5.56 Å². The molecule has 1 aromatic heterocycles. The van der Waals surface area contributed by atoms with Crippen LogP contribution in [0.5, 0.6) is 0 Å². The SMILES string of the molecule is CN1CCN(Nc2ccc(C#N)cn2)CC1. The molecule has 5 heteroatoms. The summed E-state index contributed by atoms with van der Waals surface area (Å²) in [7, 11) is 2.12. The van der Waals surface area contributed by atoms with Crippen molar-refractivity contribution in [2.24, 2.45) is 0 Å². The molecule has 16 heavy (non-hydrogen) atoms. The maximum absolute atomic E-state index is 8.65. The molecule has 0 aliphatic carbocycles. The van der Waals surface area contributed by atoms with Crippen LogP contribution in [-0.4, -0.2) is 48.1 Å². The fraction of sp³-hybridized carbons (Fsp3) is 0.455. The second-order valence-corrected chi connectivity index (χ2v) is 3.95. The van der Waals surface area contributed by atoms with Crippen LogP contribution in [0.1, 0.15) is 5.56 Å². The second-order valence-electron chi connectivity index (χ2n) is 3.95. The normalized spacial score (nSPS) is 18.0. The molecule has 1 aromatic rings. The molecular formula is C11H15N5. The van der Waals surface area contributed by atoms with Gasteiger partial charge in [0.15, 0.2) is 0 Å². The van der Waals surface area contributed by atoms with Crippen LogP contribution in [0.15, 0.2) is 18.3 Å². The van der Waals surface area contributed by atoms with Crippen molar-refractivity contribution in [3.63, 3.8) is 0 Å². The molecule has 0 amide bonds. The average molecular weight is 217 g/mol. The summed E-state index contributed by atoms with van der Waals surface area (Å²) in [5.74, 6) is 0.795. The van der Waals surface area contributed by atoms with E-state index in [1.165, 1.54) is 0 Å². The number of aromatic nitrogens is 1. The third kappa shape index (κ3) is 2.69. The number of hydrogen-bond donors (Lipinski definition) is 1. The topological polar surface area (TPSA) is 55.2 Å². The van der Waals surface area contributed by atoms with Crippen molar-refractivity contribution in [3.8, 4) is 6.07 Å². The fourth-order valence-electron chi connectivity index (χ4n) is 1.61. The molecule has 1 aliphatic heterocycles. The molecule has 0 saturated carbocycles. The number of anilines is 1. The highest BCUT2D eigenvalue weighted by Gasteiger charge is 2.13. The maximum Gasteiger partial charge on any atom is 0.140 e. The van der Waals surface area contributed by atoms with E-state index in [0.29, 0.717) is 5.56 Å². The van der Waals surface area contributed by atoms with Crippen LogP contribution in [-0.2, 0) is 0 Å². The highest BCUT2D eigenvalue weighted by atomic mass is 15.5. The third-order valence-electron chi connectivity index (χ3n) is 2.67. The van der Waals surface area contributed by atoms with Crippen molar-refractivity contribution < 1.29 is 0 Å². The standard InChI is InChI=1S/C11H15N5/c1-15-4-6-16(7-5-15)14-11-3-2-10(8-12)9-13-11/h2-3,9H,4-7H2,1H3,(H,13,14). The Hall–Kier alpha value is -1.64. The minimum atomic E-state index is 0.587. The predicted octanol–water partition coefficient (Wildman–Crippen LogP) is 0.528. The molecule has 0 bridgehead atoms. The smallest absolute Gasteiger partial charge is 0.140 e. The lowest BCUT2D eigenvalue weighted by atomic mass is 10.3. The zero-order valence-corrected chi connectivity index (χ0v) is 9.35. The van der Waals surface area contributed by atoms with Gasteiger partial charge in [-0.15, -0.1) is 0 Å². The molecule has 0 aromatic carbocycles. The van der Waals surface area contributed by atoms with Crippen LogP contribution in [0, 0.1) is 11.3 Å². The molecule has 0 atom stereocenters.